The highest BCUT2D eigenvalue weighted by Crippen LogP contribution is 2.28. The third kappa shape index (κ3) is 5.23. The van der Waals surface area contributed by atoms with E-state index in [0.29, 0.717) is 35.0 Å². The average Bonchev–Trinajstić information content (AvgIpc) is 3.20. The van der Waals surface area contributed by atoms with E-state index in [4.69, 9.17) is 14.2 Å². The second kappa shape index (κ2) is 9.23. The first-order valence-corrected chi connectivity index (χ1v) is 9.16. The molecule has 148 valence electrons. The lowest BCUT2D eigenvalue weighted by atomic mass is 10.2. The van der Waals surface area contributed by atoms with Crippen molar-refractivity contribution in [1.29, 1.82) is 0 Å². The molecule has 0 aromatic heterocycles. The number of benzene rings is 2. The van der Waals surface area contributed by atoms with Crippen molar-refractivity contribution >= 4 is 23.2 Å². The lowest BCUT2D eigenvalue weighted by Crippen LogP contribution is -2.17. The number of anilines is 2. The first kappa shape index (κ1) is 19.7. The topological polar surface area (TPSA) is 85.9 Å². The molecule has 7 nitrogen and oxygen atoms in total. The number of nitrogens with one attached hydrogen (secondary N) is 2. The van der Waals surface area contributed by atoms with E-state index in [1.807, 2.05) is 6.07 Å². The number of methoxy groups -OCH3 is 1. The molecule has 2 N–H and O–H groups in total. The smallest absolute Gasteiger partial charge is 0.255 e. The van der Waals surface area contributed by atoms with Crippen LogP contribution in [-0.2, 0) is 9.53 Å². The summed E-state index contributed by atoms with van der Waals surface area (Å²) in [5, 5.41) is 5.50. The Balaban J connectivity index is 1.70. The minimum absolute atomic E-state index is 0.109. The summed E-state index contributed by atoms with van der Waals surface area (Å²) >= 11 is 0. The molecule has 0 spiro atoms. The van der Waals surface area contributed by atoms with Gasteiger partial charge in [0.2, 0.25) is 5.91 Å². The molecular weight excluding hydrogens is 360 g/mol. The van der Waals surface area contributed by atoms with Crippen LogP contribution in [0.5, 0.6) is 11.5 Å². The summed E-state index contributed by atoms with van der Waals surface area (Å²) in [5.74, 6) is 0.606. The number of hydrogen-bond donors (Lipinski definition) is 2. The molecule has 2 amide bonds. The summed E-state index contributed by atoms with van der Waals surface area (Å²) in [6.07, 6.45) is 2.15. The van der Waals surface area contributed by atoms with Crippen LogP contribution >= 0.6 is 0 Å². The summed E-state index contributed by atoms with van der Waals surface area (Å²) in [7, 11) is 1.52. The Kier molecular flexibility index (Phi) is 6.49. The van der Waals surface area contributed by atoms with E-state index in [2.05, 4.69) is 10.6 Å². The molecular formula is C21H24N2O5. The fourth-order valence-corrected chi connectivity index (χ4v) is 2.97. The first-order valence-electron chi connectivity index (χ1n) is 9.16. The van der Waals surface area contributed by atoms with Gasteiger partial charge in [-0.2, -0.15) is 0 Å². The molecule has 0 saturated carbocycles. The van der Waals surface area contributed by atoms with Crippen molar-refractivity contribution < 1.29 is 23.8 Å². The predicted molar refractivity (Wildman–Crippen MR) is 106 cm³/mol. The molecule has 2 aromatic rings. The molecule has 2 aromatic carbocycles. The van der Waals surface area contributed by atoms with E-state index >= 15 is 0 Å². The van der Waals surface area contributed by atoms with Crippen LogP contribution in [0.2, 0.25) is 0 Å². The molecule has 1 aliphatic rings. The van der Waals surface area contributed by atoms with Crippen LogP contribution in [0.4, 0.5) is 11.4 Å². The molecule has 1 fully saturated rings. The fourth-order valence-electron chi connectivity index (χ4n) is 2.97. The van der Waals surface area contributed by atoms with Crippen molar-refractivity contribution in [3.63, 3.8) is 0 Å². The van der Waals surface area contributed by atoms with Crippen LogP contribution in [0.15, 0.2) is 42.5 Å². The summed E-state index contributed by atoms with van der Waals surface area (Å²) in [6, 6.07) is 12.0. The largest absolute Gasteiger partial charge is 0.495 e. The molecule has 1 aliphatic heterocycles. The van der Waals surface area contributed by atoms with Crippen molar-refractivity contribution in [1.82, 2.24) is 0 Å². The van der Waals surface area contributed by atoms with Crippen LogP contribution in [-0.4, -0.2) is 38.2 Å². The van der Waals surface area contributed by atoms with Gasteiger partial charge in [0.25, 0.3) is 5.91 Å². The Morgan fingerprint density at radius 1 is 1.18 bits per heavy atom. The molecule has 7 heteroatoms. The van der Waals surface area contributed by atoms with Crippen LogP contribution < -0.4 is 20.1 Å². The number of rotatable bonds is 7. The van der Waals surface area contributed by atoms with Gasteiger partial charge >= 0.3 is 0 Å². The van der Waals surface area contributed by atoms with Gasteiger partial charge in [0.15, 0.2) is 0 Å². The number of hydrogen-bond acceptors (Lipinski definition) is 5. The maximum Gasteiger partial charge on any atom is 0.255 e. The SMILES string of the molecule is COc1ccc(NC(C)=O)cc1NC(=O)c1cccc(OC[C@@H]2CCCO2)c1. The summed E-state index contributed by atoms with van der Waals surface area (Å²) in [4.78, 5) is 24.0. The monoisotopic (exact) mass is 384 g/mol. The molecule has 1 atom stereocenters. The Bertz CT molecular complexity index is 846. The Labute approximate surface area is 164 Å². The van der Waals surface area contributed by atoms with Gasteiger partial charge < -0.3 is 24.8 Å². The molecule has 0 radical (unpaired) electrons. The standard InChI is InChI=1S/C21H24N2O5/c1-14(24)22-16-8-9-20(26-2)19(12-16)23-21(25)15-5-3-6-17(11-15)28-13-18-7-4-10-27-18/h3,5-6,8-9,11-12,18H,4,7,10,13H2,1-2H3,(H,22,24)(H,23,25)/t18-/m0/s1. The van der Waals surface area contributed by atoms with Crippen molar-refractivity contribution in [3.8, 4) is 11.5 Å². The van der Waals surface area contributed by atoms with Crippen molar-refractivity contribution in [3.05, 3.63) is 48.0 Å². The Morgan fingerprint density at radius 2 is 2.04 bits per heavy atom. The maximum atomic E-state index is 12.7. The number of ether oxygens (including phenoxy) is 3. The lowest BCUT2D eigenvalue weighted by molar-refractivity contribution is -0.114. The van der Waals surface area contributed by atoms with Gasteiger partial charge in [0.1, 0.15) is 18.1 Å². The first-order chi connectivity index (χ1) is 13.5. The van der Waals surface area contributed by atoms with Gasteiger partial charge in [0, 0.05) is 24.8 Å². The molecule has 0 unspecified atom stereocenters. The summed E-state index contributed by atoms with van der Waals surface area (Å²) in [5.41, 5.74) is 1.48. The molecule has 3 rings (SSSR count). The van der Waals surface area contributed by atoms with Crippen molar-refractivity contribution in [2.45, 2.75) is 25.9 Å². The Hall–Kier alpha value is -3.06. The van der Waals surface area contributed by atoms with Gasteiger partial charge in [-0.15, -0.1) is 0 Å². The molecule has 0 aliphatic carbocycles. The quantitative estimate of drug-likeness (QED) is 0.763. The van der Waals surface area contributed by atoms with Crippen LogP contribution in [0, 0.1) is 0 Å². The van der Waals surface area contributed by atoms with Gasteiger partial charge in [0.05, 0.1) is 18.9 Å². The van der Waals surface area contributed by atoms with Gasteiger partial charge in [-0.05, 0) is 49.2 Å². The summed E-state index contributed by atoms with van der Waals surface area (Å²) < 4.78 is 16.6. The molecule has 0 bridgehead atoms. The zero-order valence-corrected chi connectivity index (χ0v) is 16.0. The van der Waals surface area contributed by atoms with Crippen molar-refractivity contribution in [2.75, 3.05) is 31.0 Å². The van der Waals surface area contributed by atoms with E-state index in [-0.39, 0.29) is 17.9 Å². The minimum Gasteiger partial charge on any atom is -0.495 e. The highest BCUT2D eigenvalue weighted by Gasteiger charge is 2.17. The maximum absolute atomic E-state index is 12.7. The van der Waals surface area contributed by atoms with E-state index in [0.717, 1.165) is 19.4 Å². The van der Waals surface area contributed by atoms with Gasteiger partial charge in [-0.25, -0.2) is 0 Å². The highest BCUT2D eigenvalue weighted by atomic mass is 16.5. The third-order valence-electron chi connectivity index (χ3n) is 4.32. The number of carbonyl (C=O) groups excluding carboxylic acids is 2. The highest BCUT2D eigenvalue weighted by molar-refractivity contribution is 6.05. The van der Waals surface area contributed by atoms with Gasteiger partial charge in [-0.1, -0.05) is 6.07 Å². The zero-order valence-electron chi connectivity index (χ0n) is 16.0. The van der Waals surface area contributed by atoms with Crippen molar-refractivity contribution in [2.24, 2.45) is 0 Å². The number of amides is 2. The third-order valence-corrected chi connectivity index (χ3v) is 4.32. The normalized spacial score (nSPS) is 15.7. The predicted octanol–water partition coefficient (Wildman–Crippen LogP) is 3.46. The Morgan fingerprint density at radius 3 is 2.75 bits per heavy atom. The summed E-state index contributed by atoms with van der Waals surface area (Å²) in [6.45, 7) is 2.66. The fraction of sp³-hybridized carbons (Fsp3) is 0.333. The van der Waals surface area contributed by atoms with E-state index < -0.39 is 0 Å². The minimum atomic E-state index is -0.305. The van der Waals surface area contributed by atoms with Gasteiger partial charge in [-0.3, -0.25) is 9.59 Å². The zero-order chi connectivity index (χ0) is 19.9. The second-order valence-electron chi connectivity index (χ2n) is 6.52. The van der Waals surface area contributed by atoms with E-state index in [1.165, 1.54) is 14.0 Å². The second-order valence-corrected chi connectivity index (χ2v) is 6.52. The molecule has 28 heavy (non-hydrogen) atoms. The average molecular weight is 384 g/mol. The van der Waals surface area contributed by atoms with Crippen LogP contribution in [0.1, 0.15) is 30.1 Å². The van der Waals surface area contributed by atoms with Crippen LogP contribution in [0.25, 0.3) is 0 Å². The molecule has 1 saturated heterocycles. The molecule has 1 heterocycles. The number of carbonyl (C=O) groups is 2. The lowest BCUT2D eigenvalue weighted by Gasteiger charge is -2.14. The van der Waals surface area contributed by atoms with Crippen LogP contribution in [0.3, 0.4) is 0 Å². The van der Waals surface area contributed by atoms with E-state index in [9.17, 15) is 9.59 Å². The van der Waals surface area contributed by atoms with E-state index in [1.54, 1.807) is 36.4 Å².